The van der Waals surface area contributed by atoms with Gasteiger partial charge >= 0.3 is 0 Å². The van der Waals surface area contributed by atoms with Crippen molar-refractivity contribution in [3.63, 3.8) is 0 Å². The van der Waals surface area contributed by atoms with Gasteiger partial charge in [-0.05, 0) is 61.7 Å². The molecule has 0 unspecified atom stereocenters. The van der Waals surface area contributed by atoms with E-state index in [0.717, 1.165) is 28.2 Å². The molecule has 2 heterocycles. The standard InChI is InChI=1S/C25H27N7O2S/c1-17-8-9-18(2)22(12-17)32-19(3)29-30-25(32)35-16-24(34)26-14-20-6-4-7-21(13-20)28-23(33)15-31-11-5-10-27-31/h4-13H,14-16H2,1-3H3,(H,26,34)(H,28,33). The van der Waals surface area contributed by atoms with Gasteiger partial charge in [0.2, 0.25) is 11.8 Å². The van der Waals surface area contributed by atoms with Crippen LogP contribution in [0.3, 0.4) is 0 Å². The van der Waals surface area contributed by atoms with Crippen molar-refractivity contribution in [1.82, 2.24) is 29.9 Å². The SMILES string of the molecule is Cc1ccc(C)c(-n2c(C)nnc2SCC(=O)NCc2cccc(NC(=O)Cn3cccn3)c2)c1. The Labute approximate surface area is 208 Å². The van der Waals surface area contributed by atoms with Crippen molar-refractivity contribution < 1.29 is 9.59 Å². The van der Waals surface area contributed by atoms with E-state index in [1.165, 1.54) is 11.8 Å². The van der Waals surface area contributed by atoms with Gasteiger partial charge in [-0.15, -0.1) is 10.2 Å². The first kappa shape index (κ1) is 24.2. The molecule has 9 nitrogen and oxygen atoms in total. The second kappa shape index (κ2) is 11.0. The third kappa shape index (κ3) is 6.36. The van der Waals surface area contributed by atoms with Gasteiger partial charge in [-0.1, -0.05) is 36.0 Å². The summed E-state index contributed by atoms with van der Waals surface area (Å²) >= 11 is 1.35. The number of nitrogens with one attached hydrogen (secondary N) is 2. The van der Waals surface area contributed by atoms with E-state index in [1.54, 1.807) is 23.1 Å². The van der Waals surface area contributed by atoms with E-state index >= 15 is 0 Å². The predicted molar refractivity (Wildman–Crippen MR) is 135 cm³/mol. The normalized spacial score (nSPS) is 10.8. The number of aryl methyl sites for hydroxylation is 3. The molecule has 0 atom stereocenters. The summed E-state index contributed by atoms with van der Waals surface area (Å²) in [6.45, 7) is 6.48. The van der Waals surface area contributed by atoms with Crippen molar-refractivity contribution in [3.8, 4) is 5.69 Å². The molecule has 0 spiro atoms. The maximum Gasteiger partial charge on any atom is 0.246 e. The van der Waals surface area contributed by atoms with E-state index in [9.17, 15) is 9.59 Å². The van der Waals surface area contributed by atoms with E-state index in [0.29, 0.717) is 17.4 Å². The zero-order valence-corrected chi connectivity index (χ0v) is 20.7. The third-order valence-electron chi connectivity index (χ3n) is 5.30. The average molecular weight is 490 g/mol. The van der Waals surface area contributed by atoms with Gasteiger partial charge in [-0.3, -0.25) is 18.8 Å². The second-order valence-electron chi connectivity index (χ2n) is 8.17. The van der Waals surface area contributed by atoms with Crippen molar-refractivity contribution >= 4 is 29.3 Å². The van der Waals surface area contributed by atoms with Crippen LogP contribution in [0.5, 0.6) is 0 Å². The number of aromatic nitrogens is 5. The summed E-state index contributed by atoms with van der Waals surface area (Å²) in [4.78, 5) is 24.7. The quantitative estimate of drug-likeness (QED) is 0.349. The summed E-state index contributed by atoms with van der Waals surface area (Å²) in [5, 5.41) is 19.0. The highest BCUT2D eigenvalue weighted by molar-refractivity contribution is 7.99. The van der Waals surface area contributed by atoms with Crippen LogP contribution in [0.15, 0.2) is 66.1 Å². The number of nitrogens with zero attached hydrogens (tertiary/aromatic N) is 5. The van der Waals surface area contributed by atoms with Crippen LogP contribution in [0, 0.1) is 20.8 Å². The molecule has 4 rings (SSSR count). The van der Waals surface area contributed by atoms with Gasteiger partial charge in [0.15, 0.2) is 5.16 Å². The molecule has 0 saturated heterocycles. The fraction of sp³-hybridized carbons (Fsp3) is 0.240. The molecule has 180 valence electrons. The van der Waals surface area contributed by atoms with Gasteiger partial charge in [0.1, 0.15) is 12.4 Å². The van der Waals surface area contributed by atoms with Gasteiger partial charge in [-0.25, -0.2) is 0 Å². The highest BCUT2D eigenvalue weighted by atomic mass is 32.2. The number of hydrogen-bond acceptors (Lipinski definition) is 6. The lowest BCUT2D eigenvalue weighted by molar-refractivity contribution is -0.119. The van der Waals surface area contributed by atoms with Gasteiger partial charge in [0.05, 0.1) is 11.4 Å². The number of hydrogen-bond donors (Lipinski definition) is 2. The van der Waals surface area contributed by atoms with Crippen molar-refractivity contribution in [3.05, 3.63) is 83.4 Å². The summed E-state index contributed by atoms with van der Waals surface area (Å²) in [5.74, 6) is 0.697. The van der Waals surface area contributed by atoms with E-state index in [-0.39, 0.29) is 24.1 Å². The maximum atomic E-state index is 12.5. The first-order chi connectivity index (χ1) is 16.9. The van der Waals surface area contributed by atoms with Crippen LogP contribution in [0.1, 0.15) is 22.5 Å². The Kier molecular flexibility index (Phi) is 7.61. The molecule has 10 heteroatoms. The van der Waals surface area contributed by atoms with Crippen LogP contribution in [0.25, 0.3) is 5.69 Å². The van der Waals surface area contributed by atoms with Crippen LogP contribution >= 0.6 is 11.8 Å². The Hall–Kier alpha value is -3.92. The smallest absolute Gasteiger partial charge is 0.246 e. The second-order valence-corrected chi connectivity index (χ2v) is 9.12. The minimum atomic E-state index is -0.172. The molecule has 0 aliphatic heterocycles. The van der Waals surface area contributed by atoms with Crippen molar-refractivity contribution in [2.75, 3.05) is 11.1 Å². The number of amides is 2. The highest BCUT2D eigenvalue weighted by Crippen LogP contribution is 2.24. The zero-order valence-electron chi connectivity index (χ0n) is 19.9. The van der Waals surface area contributed by atoms with Crippen LogP contribution in [0.2, 0.25) is 0 Å². The Balaban J connectivity index is 1.32. The van der Waals surface area contributed by atoms with Crippen molar-refractivity contribution in [1.29, 1.82) is 0 Å². The fourth-order valence-corrected chi connectivity index (χ4v) is 4.38. The molecule has 4 aromatic rings. The summed E-state index contributed by atoms with van der Waals surface area (Å²) < 4.78 is 3.54. The van der Waals surface area contributed by atoms with Crippen molar-refractivity contribution in [2.24, 2.45) is 0 Å². The monoisotopic (exact) mass is 489 g/mol. The molecular weight excluding hydrogens is 462 g/mol. The number of carbonyl (C=O) groups excluding carboxylic acids is 2. The lowest BCUT2D eigenvalue weighted by Crippen LogP contribution is -2.25. The van der Waals surface area contributed by atoms with E-state index in [2.05, 4.69) is 44.1 Å². The van der Waals surface area contributed by atoms with Crippen LogP contribution < -0.4 is 10.6 Å². The van der Waals surface area contributed by atoms with E-state index in [1.807, 2.05) is 49.6 Å². The Bertz CT molecular complexity index is 1330. The lowest BCUT2D eigenvalue weighted by atomic mass is 10.1. The molecule has 2 aromatic heterocycles. The Morgan fingerprint density at radius 3 is 2.66 bits per heavy atom. The molecule has 0 aliphatic carbocycles. The van der Waals surface area contributed by atoms with Gasteiger partial charge in [0, 0.05) is 24.6 Å². The molecule has 2 amide bonds. The predicted octanol–water partition coefficient (Wildman–Crippen LogP) is 3.44. The number of thioether (sulfide) groups is 1. The average Bonchev–Trinajstić information content (AvgIpc) is 3.47. The van der Waals surface area contributed by atoms with Crippen LogP contribution in [-0.2, 0) is 22.7 Å². The lowest BCUT2D eigenvalue weighted by Gasteiger charge is -2.12. The minimum Gasteiger partial charge on any atom is -0.351 e. The first-order valence-electron chi connectivity index (χ1n) is 11.1. The number of carbonyl (C=O) groups is 2. The largest absolute Gasteiger partial charge is 0.351 e. The molecule has 35 heavy (non-hydrogen) atoms. The Morgan fingerprint density at radius 2 is 1.86 bits per heavy atom. The molecule has 2 N–H and O–H groups in total. The first-order valence-corrected chi connectivity index (χ1v) is 12.1. The van der Waals surface area contributed by atoms with Gasteiger partial charge in [0.25, 0.3) is 0 Å². The molecule has 0 fully saturated rings. The minimum absolute atomic E-state index is 0.115. The maximum absolute atomic E-state index is 12.5. The molecule has 0 aliphatic rings. The Morgan fingerprint density at radius 1 is 1.00 bits per heavy atom. The summed E-state index contributed by atoms with van der Waals surface area (Å²) in [6, 6.07) is 15.4. The number of benzene rings is 2. The molecule has 0 saturated carbocycles. The summed E-state index contributed by atoms with van der Waals surface area (Å²) in [6.07, 6.45) is 3.36. The molecular formula is C25H27N7O2S. The fourth-order valence-electron chi connectivity index (χ4n) is 3.56. The zero-order chi connectivity index (χ0) is 24.8. The molecule has 0 radical (unpaired) electrons. The summed E-state index contributed by atoms with van der Waals surface area (Å²) in [7, 11) is 0. The highest BCUT2D eigenvalue weighted by Gasteiger charge is 2.15. The van der Waals surface area contributed by atoms with E-state index < -0.39 is 0 Å². The number of rotatable bonds is 9. The topological polar surface area (TPSA) is 107 Å². The van der Waals surface area contributed by atoms with Gasteiger partial charge in [-0.2, -0.15) is 5.10 Å². The van der Waals surface area contributed by atoms with Crippen LogP contribution in [0.4, 0.5) is 5.69 Å². The number of anilines is 1. The molecule has 0 bridgehead atoms. The molecule has 2 aromatic carbocycles. The van der Waals surface area contributed by atoms with Crippen LogP contribution in [-0.4, -0.2) is 42.1 Å². The summed E-state index contributed by atoms with van der Waals surface area (Å²) in [5.41, 5.74) is 4.82. The van der Waals surface area contributed by atoms with E-state index in [4.69, 9.17) is 0 Å². The third-order valence-corrected chi connectivity index (χ3v) is 6.23. The van der Waals surface area contributed by atoms with Gasteiger partial charge < -0.3 is 10.6 Å². The van der Waals surface area contributed by atoms with Crippen molar-refractivity contribution in [2.45, 2.75) is 39.0 Å².